The molecule has 0 fully saturated rings. The molecule has 1 aromatic heterocycles. The Bertz CT molecular complexity index is 764. The number of rotatable bonds is 11. The van der Waals surface area contributed by atoms with Crippen molar-refractivity contribution >= 4 is 6.08 Å². The average Bonchev–Trinajstić information content (AvgIpc) is 2.69. The molecule has 0 aliphatic carbocycles. The smallest absolute Gasteiger partial charge is 0.170 e. The fourth-order valence-corrected chi connectivity index (χ4v) is 2.78. The van der Waals surface area contributed by atoms with E-state index in [0.717, 1.165) is 44.7 Å². The lowest BCUT2D eigenvalue weighted by molar-refractivity contribution is 0.0566. The van der Waals surface area contributed by atoms with Crippen molar-refractivity contribution in [2.75, 3.05) is 6.61 Å². The lowest BCUT2D eigenvalue weighted by Gasteiger charge is -2.12. The maximum Gasteiger partial charge on any atom is 0.170 e. The molecule has 0 bridgehead atoms. The molecule has 2 rings (SSSR count). The Hall–Kier alpha value is -2.34. The summed E-state index contributed by atoms with van der Waals surface area (Å²) in [5.74, 6) is -2.04. The normalized spacial score (nSPS) is 12.6. The molecule has 0 saturated heterocycles. The van der Waals surface area contributed by atoms with Gasteiger partial charge >= 0.3 is 0 Å². The van der Waals surface area contributed by atoms with Crippen molar-refractivity contribution in [1.82, 2.24) is 9.97 Å². The SMILES string of the molecule is CCCCCOC(C)CCCC=Cc1ccc(-c2ncc(O)cn2)c(F)c1F. The maximum atomic E-state index is 14.3. The molecule has 0 aliphatic rings. The number of aromatic nitrogens is 2. The van der Waals surface area contributed by atoms with E-state index in [2.05, 4.69) is 23.8 Å². The Morgan fingerprint density at radius 3 is 2.57 bits per heavy atom. The van der Waals surface area contributed by atoms with E-state index in [1.807, 2.05) is 6.08 Å². The van der Waals surface area contributed by atoms with E-state index in [0.29, 0.717) is 0 Å². The third-order valence-electron chi connectivity index (χ3n) is 4.42. The van der Waals surface area contributed by atoms with E-state index < -0.39 is 11.6 Å². The zero-order valence-corrected chi connectivity index (χ0v) is 16.5. The van der Waals surface area contributed by atoms with Gasteiger partial charge in [0.05, 0.1) is 24.1 Å². The van der Waals surface area contributed by atoms with Crippen LogP contribution >= 0.6 is 0 Å². The molecular formula is C22H28F2N2O2. The summed E-state index contributed by atoms with van der Waals surface area (Å²) in [5, 5.41) is 9.20. The van der Waals surface area contributed by atoms with Gasteiger partial charge in [-0.25, -0.2) is 18.7 Å². The zero-order valence-electron chi connectivity index (χ0n) is 16.5. The zero-order chi connectivity index (χ0) is 20.4. The van der Waals surface area contributed by atoms with Crippen LogP contribution < -0.4 is 0 Å². The third kappa shape index (κ3) is 6.68. The van der Waals surface area contributed by atoms with Crippen molar-refractivity contribution in [1.29, 1.82) is 0 Å². The van der Waals surface area contributed by atoms with Gasteiger partial charge in [-0.3, -0.25) is 0 Å². The van der Waals surface area contributed by atoms with Crippen molar-refractivity contribution in [2.24, 2.45) is 0 Å². The molecule has 4 nitrogen and oxygen atoms in total. The van der Waals surface area contributed by atoms with Gasteiger partial charge in [0.15, 0.2) is 23.2 Å². The summed E-state index contributed by atoms with van der Waals surface area (Å²) < 4.78 is 34.4. The monoisotopic (exact) mass is 390 g/mol. The second kappa shape index (κ2) is 11.5. The highest BCUT2D eigenvalue weighted by Crippen LogP contribution is 2.25. The highest BCUT2D eigenvalue weighted by atomic mass is 19.2. The van der Waals surface area contributed by atoms with E-state index in [4.69, 9.17) is 4.74 Å². The van der Waals surface area contributed by atoms with Crippen LogP contribution in [0.1, 0.15) is 57.9 Å². The van der Waals surface area contributed by atoms with Gasteiger partial charge in [-0.2, -0.15) is 0 Å². The first kappa shape index (κ1) is 22.0. The van der Waals surface area contributed by atoms with Crippen LogP contribution in [0.25, 0.3) is 17.5 Å². The van der Waals surface area contributed by atoms with Crippen molar-refractivity contribution in [3.63, 3.8) is 0 Å². The van der Waals surface area contributed by atoms with Crippen LogP contribution in [0.4, 0.5) is 8.78 Å². The molecule has 1 atom stereocenters. The molecule has 0 spiro atoms. The topological polar surface area (TPSA) is 55.2 Å². The summed E-state index contributed by atoms with van der Waals surface area (Å²) in [7, 11) is 0. The molecule has 0 radical (unpaired) electrons. The average molecular weight is 390 g/mol. The van der Waals surface area contributed by atoms with Gasteiger partial charge in [-0.1, -0.05) is 38.0 Å². The number of nitrogens with zero attached hydrogens (tertiary/aromatic N) is 2. The van der Waals surface area contributed by atoms with Gasteiger partial charge in [-0.05, 0) is 38.7 Å². The van der Waals surface area contributed by atoms with Gasteiger partial charge in [0.2, 0.25) is 0 Å². The molecule has 0 amide bonds. The molecular weight excluding hydrogens is 362 g/mol. The summed E-state index contributed by atoms with van der Waals surface area (Å²) in [6.07, 6.45) is 12.0. The molecule has 1 N–H and O–H groups in total. The number of benzene rings is 1. The summed E-state index contributed by atoms with van der Waals surface area (Å²) in [5.41, 5.74) is 0.146. The summed E-state index contributed by atoms with van der Waals surface area (Å²) >= 11 is 0. The number of hydrogen-bond acceptors (Lipinski definition) is 4. The number of aromatic hydroxyl groups is 1. The van der Waals surface area contributed by atoms with Crippen LogP contribution in [0.5, 0.6) is 5.75 Å². The van der Waals surface area contributed by atoms with Gasteiger partial charge < -0.3 is 9.84 Å². The van der Waals surface area contributed by atoms with E-state index in [-0.39, 0.29) is 28.8 Å². The van der Waals surface area contributed by atoms with Crippen molar-refractivity contribution in [2.45, 2.75) is 58.5 Å². The fourth-order valence-electron chi connectivity index (χ4n) is 2.78. The second-order valence-electron chi connectivity index (χ2n) is 6.82. The van der Waals surface area contributed by atoms with Gasteiger partial charge in [-0.15, -0.1) is 0 Å². The number of ether oxygens (including phenoxy) is 1. The lowest BCUT2D eigenvalue weighted by Crippen LogP contribution is -2.08. The number of unbranched alkanes of at least 4 members (excludes halogenated alkanes) is 3. The van der Waals surface area contributed by atoms with E-state index in [1.165, 1.54) is 25.0 Å². The van der Waals surface area contributed by atoms with Crippen molar-refractivity contribution in [3.8, 4) is 17.1 Å². The lowest BCUT2D eigenvalue weighted by atomic mass is 10.1. The van der Waals surface area contributed by atoms with Crippen LogP contribution in [0, 0.1) is 11.6 Å². The Labute approximate surface area is 165 Å². The first-order valence-electron chi connectivity index (χ1n) is 9.80. The van der Waals surface area contributed by atoms with Crippen molar-refractivity contribution < 1.29 is 18.6 Å². The number of halogens is 2. The van der Waals surface area contributed by atoms with E-state index in [9.17, 15) is 13.9 Å². The number of hydrogen-bond donors (Lipinski definition) is 1. The molecule has 28 heavy (non-hydrogen) atoms. The molecule has 0 aliphatic heterocycles. The van der Waals surface area contributed by atoms with E-state index in [1.54, 1.807) is 6.08 Å². The molecule has 1 unspecified atom stereocenters. The molecule has 0 saturated carbocycles. The summed E-state index contributed by atoms with van der Waals surface area (Å²) in [6.45, 7) is 5.03. The standard InChI is InChI=1S/C22H28F2N2O2/c1-3-4-8-13-28-16(2)9-6-5-7-10-17-11-12-19(21(24)20(17)23)22-25-14-18(27)15-26-22/h7,10-12,14-16,27H,3-6,8-9,13H2,1-2H3. The van der Waals surface area contributed by atoms with Gasteiger partial charge in [0.1, 0.15) is 0 Å². The minimum Gasteiger partial charge on any atom is -0.505 e. The van der Waals surface area contributed by atoms with Crippen LogP contribution in [-0.2, 0) is 4.74 Å². The fraction of sp³-hybridized carbons (Fsp3) is 0.455. The minimum absolute atomic E-state index is 0.0256. The van der Waals surface area contributed by atoms with E-state index >= 15 is 0 Å². The third-order valence-corrected chi connectivity index (χ3v) is 4.42. The Morgan fingerprint density at radius 1 is 1.11 bits per heavy atom. The minimum atomic E-state index is -0.998. The van der Waals surface area contributed by atoms with Crippen LogP contribution in [0.2, 0.25) is 0 Å². The first-order valence-corrected chi connectivity index (χ1v) is 9.80. The summed E-state index contributed by atoms with van der Waals surface area (Å²) in [4.78, 5) is 7.63. The summed E-state index contributed by atoms with van der Waals surface area (Å²) in [6, 6.07) is 2.94. The van der Waals surface area contributed by atoms with Crippen molar-refractivity contribution in [3.05, 3.63) is 47.8 Å². The van der Waals surface area contributed by atoms with Crippen LogP contribution in [-0.4, -0.2) is 27.8 Å². The van der Waals surface area contributed by atoms with Crippen LogP contribution in [0.3, 0.4) is 0 Å². The van der Waals surface area contributed by atoms with Gasteiger partial charge in [0.25, 0.3) is 0 Å². The molecule has 2 aromatic rings. The highest BCUT2D eigenvalue weighted by Gasteiger charge is 2.15. The largest absolute Gasteiger partial charge is 0.505 e. The molecule has 1 aromatic carbocycles. The Balaban J connectivity index is 1.85. The van der Waals surface area contributed by atoms with Crippen LogP contribution in [0.15, 0.2) is 30.6 Å². The maximum absolute atomic E-state index is 14.3. The predicted molar refractivity (Wildman–Crippen MR) is 107 cm³/mol. The molecule has 6 heteroatoms. The first-order chi connectivity index (χ1) is 13.5. The Morgan fingerprint density at radius 2 is 1.86 bits per heavy atom. The Kier molecular flexibility index (Phi) is 9.01. The molecule has 1 heterocycles. The van der Waals surface area contributed by atoms with Gasteiger partial charge in [0, 0.05) is 12.2 Å². The quantitative estimate of drug-likeness (QED) is 0.485. The molecule has 152 valence electrons. The number of allylic oxidation sites excluding steroid dienone is 1. The second-order valence-corrected chi connectivity index (χ2v) is 6.82. The highest BCUT2D eigenvalue weighted by molar-refractivity contribution is 5.61. The predicted octanol–water partition coefficient (Wildman–Crippen LogP) is 5.91.